The molecule has 1 aliphatic carbocycles. The number of nitrogens with one attached hydrogen (secondary N) is 2. The lowest BCUT2D eigenvalue weighted by atomic mass is 9.98. The molecule has 6 nitrogen and oxygen atoms in total. The van der Waals surface area contributed by atoms with Gasteiger partial charge in [-0.1, -0.05) is 30.3 Å². The number of hydrogen-bond donors (Lipinski definition) is 3. The van der Waals surface area contributed by atoms with Gasteiger partial charge in [0.15, 0.2) is 0 Å². The SMILES string of the molecule is O=C(C(CC1=CCc2ccccc21)Nc1ccc(Nc2ccncc2)cc1)N1CCCC1CO. The summed E-state index contributed by atoms with van der Waals surface area (Å²) in [5, 5.41) is 16.6. The van der Waals surface area contributed by atoms with Crippen LogP contribution in [0, 0.1) is 0 Å². The Morgan fingerprint density at radius 2 is 1.76 bits per heavy atom. The highest BCUT2D eigenvalue weighted by Crippen LogP contribution is 2.32. The first-order valence-electron chi connectivity index (χ1n) is 11.9. The molecule has 1 fully saturated rings. The van der Waals surface area contributed by atoms with Gasteiger partial charge in [-0.2, -0.15) is 0 Å². The van der Waals surface area contributed by atoms with Crippen LogP contribution in [0.3, 0.4) is 0 Å². The number of pyridine rings is 1. The predicted octanol–water partition coefficient (Wildman–Crippen LogP) is 4.62. The summed E-state index contributed by atoms with van der Waals surface area (Å²) in [5.74, 6) is 0.0563. The van der Waals surface area contributed by atoms with Crippen molar-refractivity contribution in [1.82, 2.24) is 9.88 Å². The smallest absolute Gasteiger partial charge is 0.245 e. The van der Waals surface area contributed by atoms with Crippen LogP contribution in [0.1, 0.15) is 30.4 Å². The van der Waals surface area contributed by atoms with E-state index in [0.29, 0.717) is 13.0 Å². The maximum absolute atomic E-state index is 13.6. The molecule has 2 atom stereocenters. The van der Waals surface area contributed by atoms with Gasteiger partial charge in [-0.25, -0.2) is 0 Å². The first-order valence-corrected chi connectivity index (χ1v) is 11.9. The summed E-state index contributed by atoms with van der Waals surface area (Å²) in [5.41, 5.74) is 6.58. The first kappa shape index (κ1) is 22.2. The molecule has 0 saturated carbocycles. The third-order valence-corrected chi connectivity index (χ3v) is 6.72. The molecular weight excluding hydrogens is 424 g/mol. The Balaban J connectivity index is 1.34. The van der Waals surface area contributed by atoms with Gasteiger partial charge >= 0.3 is 0 Å². The van der Waals surface area contributed by atoms with E-state index in [1.165, 1.54) is 16.7 Å². The lowest BCUT2D eigenvalue weighted by Crippen LogP contribution is -2.46. The van der Waals surface area contributed by atoms with Gasteiger partial charge in [-0.3, -0.25) is 9.78 Å². The quantitative estimate of drug-likeness (QED) is 0.463. The molecule has 6 heteroatoms. The molecule has 2 unspecified atom stereocenters. The fraction of sp³-hybridized carbons (Fsp3) is 0.286. The van der Waals surface area contributed by atoms with Crippen molar-refractivity contribution < 1.29 is 9.90 Å². The summed E-state index contributed by atoms with van der Waals surface area (Å²) in [7, 11) is 0. The number of aliphatic hydroxyl groups excluding tert-OH is 1. The number of benzene rings is 2. The van der Waals surface area contributed by atoms with Gasteiger partial charge in [0.05, 0.1) is 12.6 Å². The van der Waals surface area contributed by atoms with Gasteiger partial charge in [0.25, 0.3) is 0 Å². The minimum Gasteiger partial charge on any atom is -0.394 e. The number of fused-ring (bicyclic) bond motifs is 1. The van der Waals surface area contributed by atoms with E-state index in [9.17, 15) is 9.90 Å². The molecule has 2 heterocycles. The van der Waals surface area contributed by atoms with E-state index in [-0.39, 0.29) is 18.6 Å². The van der Waals surface area contributed by atoms with E-state index >= 15 is 0 Å². The summed E-state index contributed by atoms with van der Waals surface area (Å²) in [4.78, 5) is 19.5. The number of carbonyl (C=O) groups is 1. The second kappa shape index (κ2) is 10.1. The van der Waals surface area contributed by atoms with Crippen molar-refractivity contribution in [3.05, 3.63) is 90.3 Å². The van der Waals surface area contributed by atoms with Crippen molar-refractivity contribution in [2.75, 3.05) is 23.8 Å². The lowest BCUT2D eigenvalue weighted by Gasteiger charge is -2.29. The number of amides is 1. The van der Waals surface area contributed by atoms with Gasteiger partial charge < -0.3 is 20.6 Å². The van der Waals surface area contributed by atoms with Crippen molar-refractivity contribution in [1.29, 1.82) is 0 Å². The maximum atomic E-state index is 13.6. The largest absolute Gasteiger partial charge is 0.394 e. The van der Waals surface area contributed by atoms with Crippen molar-refractivity contribution in [2.24, 2.45) is 0 Å². The average molecular weight is 455 g/mol. The Hall–Kier alpha value is -3.64. The molecule has 174 valence electrons. The van der Waals surface area contributed by atoms with Crippen LogP contribution in [-0.4, -0.2) is 46.1 Å². The number of hydrogen-bond acceptors (Lipinski definition) is 5. The van der Waals surface area contributed by atoms with Crippen molar-refractivity contribution in [2.45, 2.75) is 37.8 Å². The van der Waals surface area contributed by atoms with Crippen LogP contribution in [0.4, 0.5) is 17.1 Å². The lowest BCUT2D eigenvalue weighted by molar-refractivity contribution is -0.133. The third kappa shape index (κ3) is 4.82. The molecule has 1 amide bonds. The van der Waals surface area contributed by atoms with Crippen LogP contribution in [0.2, 0.25) is 0 Å². The molecule has 1 saturated heterocycles. The number of rotatable bonds is 8. The fourth-order valence-corrected chi connectivity index (χ4v) is 4.94. The van der Waals surface area contributed by atoms with Gasteiger partial charge in [-0.15, -0.1) is 0 Å². The number of aliphatic hydroxyl groups is 1. The van der Waals surface area contributed by atoms with Crippen LogP contribution < -0.4 is 10.6 Å². The molecule has 2 aromatic carbocycles. The van der Waals surface area contributed by atoms with Gasteiger partial charge in [-0.05, 0) is 72.4 Å². The molecule has 1 aliphatic heterocycles. The molecular formula is C28H30N4O2. The molecule has 3 N–H and O–H groups in total. The number of carbonyl (C=O) groups excluding carboxylic acids is 1. The Kier molecular flexibility index (Phi) is 6.58. The summed E-state index contributed by atoms with van der Waals surface area (Å²) in [6.45, 7) is 0.714. The van der Waals surface area contributed by atoms with E-state index in [1.807, 2.05) is 41.3 Å². The monoisotopic (exact) mass is 454 g/mol. The zero-order chi connectivity index (χ0) is 23.3. The molecule has 34 heavy (non-hydrogen) atoms. The van der Waals surface area contributed by atoms with E-state index in [0.717, 1.165) is 36.3 Å². The number of allylic oxidation sites excluding steroid dienone is 1. The normalized spacial score (nSPS) is 17.7. The highest BCUT2D eigenvalue weighted by molar-refractivity contribution is 5.88. The van der Waals surface area contributed by atoms with Crippen molar-refractivity contribution >= 4 is 28.5 Å². The summed E-state index contributed by atoms with van der Waals surface area (Å²) in [6, 6.07) is 19.7. The Morgan fingerprint density at radius 3 is 2.56 bits per heavy atom. The summed E-state index contributed by atoms with van der Waals surface area (Å²) >= 11 is 0. The van der Waals surface area contributed by atoms with E-state index in [4.69, 9.17) is 0 Å². The van der Waals surface area contributed by atoms with Crippen LogP contribution in [0.15, 0.2) is 79.1 Å². The molecule has 0 bridgehead atoms. The number of anilines is 3. The van der Waals surface area contributed by atoms with E-state index in [1.54, 1.807) is 12.4 Å². The number of nitrogens with zero attached hydrogens (tertiary/aromatic N) is 2. The van der Waals surface area contributed by atoms with Crippen LogP contribution in [-0.2, 0) is 11.2 Å². The van der Waals surface area contributed by atoms with Gasteiger partial charge in [0.2, 0.25) is 5.91 Å². The highest BCUT2D eigenvalue weighted by Gasteiger charge is 2.33. The topological polar surface area (TPSA) is 77.5 Å². The molecule has 0 radical (unpaired) electrons. The number of likely N-dealkylation sites (tertiary alicyclic amines) is 1. The number of aromatic nitrogens is 1. The minimum atomic E-state index is -0.399. The predicted molar refractivity (Wildman–Crippen MR) is 136 cm³/mol. The fourth-order valence-electron chi connectivity index (χ4n) is 4.94. The Morgan fingerprint density at radius 1 is 1.03 bits per heavy atom. The van der Waals surface area contributed by atoms with Crippen LogP contribution in [0.25, 0.3) is 5.57 Å². The Bertz CT molecular complexity index is 1160. The second-order valence-corrected chi connectivity index (χ2v) is 8.94. The highest BCUT2D eigenvalue weighted by atomic mass is 16.3. The van der Waals surface area contributed by atoms with Crippen molar-refractivity contribution in [3.8, 4) is 0 Å². The zero-order valence-electron chi connectivity index (χ0n) is 19.2. The molecule has 0 spiro atoms. The first-order chi connectivity index (χ1) is 16.7. The third-order valence-electron chi connectivity index (χ3n) is 6.72. The van der Waals surface area contributed by atoms with E-state index in [2.05, 4.69) is 46.0 Å². The van der Waals surface area contributed by atoms with Crippen molar-refractivity contribution in [3.63, 3.8) is 0 Å². The van der Waals surface area contributed by atoms with Gasteiger partial charge in [0.1, 0.15) is 6.04 Å². The summed E-state index contributed by atoms with van der Waals surface area (Å²) < 4.78 is 0. The van der Waals surface area contributed by atoms with E-state index < -0.39 is 6.04 Å². The summed E-state index contributed by atoms with van der Waals surface area (Å²) in [6.07, 6.45) is 9.05. The molecule has 1 aromatic heterocycles. The minimum absolute atomic E-state index is 0.0133. The molecule has 2 aliphatic rings. The Labute approximate surface area is 200 Å². The zero-order valence-corrected chi connectivity index (χ0v) is 19.2. The second-order valence-electron chi connectivity index (χ2n) is 8.94. The molecule has 5 rings (SSSR count). The van der Waals surface area contributed by atoms with Crippen LogP contribution in [0.5, 0.6) is 0 Å². The average Bonchev–Trinajstić information content (AvgIpc) is 3.52. The standard InChI is InChI=1S/C28H30N4O2/c33-19-25-5-3-17-32(25)28(34)27(18-21-8-7-20-4-1-2-6-26(20)21)31-23-11-9-22(10-12-23)30-24-13-15-29-16-14-24/h1-2,4,6,8-16,25,27,31,33H,3,5,7,17-19H2,(H,29,30). The molecule has 3 aromatic rings. The van der Waals surface area contributed by atoms with Crippen LogP contribution >= 0.6 is 0 Å². The van der Waals surface area contributed by atoms with Gasteiger partial charge in [0, 0.05) is 42.4 Å². The maximum Gasteiger partial charge on any atom is 0.245 e.